The number of halogens is 1. The molecule has 0 amide bonds. The number of nitrogens with one attached hydrogen (secondary N) is 2. The van der Waals surface area contributed by atoms with Crippen molar-refractivity contribution in [1.29, 1.82) is 0 Å². The van der Waals surface area contributed by atoms with Crippen LogP contribution >= 0.6 is 0 Å². The van der Waals surface area contributed by atoms with E-state index in [2.05, 4.69) is 29.9 Å². The molecule has 192 valence electrons. The van der Waals surface area contributed by atoms with E-state index < -0.39 is 21.1 Å². The van der Waals surface area contributed by atoms with E-state index in [0.717, 1.165) is 6.20 Å². The van der Waals surface area contributed by atoms with Crippen LogP contribution in [0.5, 0.6) is 11.5 Å². The Kier molecular flexibility index (Phi) is 6.25. The van der Waals surface area contributed by atoms with Crippen LogP contribution in [0.1, 0.15) is 12.6 Å². The Labute approximate surface area is 210 Å². The smallest absolute Gasteiger partial charge is 0.243 e. The average molecular weight is 528 g/mol. The first-order valence-electron chi connectivity index (χ1n) is 11.0. The fourth-order valence-corrected chi connectivity index (χ4v) is 4.86. The lowest BCUT2D eigenvalue weighted by molar-refractivity contribution is 0.391. The van der Waals surface area contributed by atoms with Crippen molar-refractivity contribution in [3.05, 3.63) is 60.6 Å². The molecule has 0 fully saturated rings. The molecule has 4 heterocycles. The molecule has 14 heteroatoms. The fraction of sp³-hybridized carbons (Fsp3) is 0.217. The predicted molar refractivity (Wildman–Crippen MR) is 132 cm³/mol. The highest BCUT2D eigenvalue weighted by atomic mass is 32.2. The number of para-hydroxylation sites is 1. The number of rotatable bonds is 9. The van der Waals surface area contributed by atoms with Crippen molar-refractivity contribution >= 4 is 27.0 Å². The van der Waals surface area contributed by atoms with Crippen molar-refractivity contribution < 1.29 is 26.7 Å². The number of pyridine rings is 1. The summed E-state index contributed by atoms with van der Waals surface area (Å²) >= 11 is 0. The Balaban J connectivity index is 1.56. The van der Waals surface area contributed by atoms with Crippen LogP contribution in [0.25, 0.3) is 28.3 Å². The molecule has 1 unspecified atom stereocenters. The molecule has 2 N–H and O–H groups in total. The average Bonchev–Trinajstić information content (AvgIpc) is 3.66. The Bertz CT molecular complexity index is 1640. The molecule has 1 aromatic carbocycles. The normalized spacial score (nSPS) is 12.5. The van der Waals surface area contributed by atoms with Crippen molar-refractivity contribution in [2.75, 3.05) is 18.9 Å². The highest BCUT2D eigenvalue weighted by molar-refractivity contribution is 7.93. The molecule has 0 saturated heterocycles. The fourth-order valence-electron chi connectivity index (χ4n) is 3.90. The van der Waals surface area contributed by atoms with Crippen LogP contribution in [0.2, 0.25) is 0 Å². The molecule has 37 heavy (non-hydrogen) atoms. The largest absolute Gasteiger partial charge is 0.494 e. The number of fused-ring (bicyclic) bond motifs is 1. The minimum absolute atomic E-state index is 0.0224. The van der Waals surface area contributed by atoms with Crippen molar-refractivity contribution in [3.8, 4) is 28.8 Å². The molecule has 5 aromatic rings. The van der Waals surface area contributed by atoms with Gasteiger partial charge in [0.15, 0.2) is 11.6 Å². The van der Waals surface area contributed by atoms with Gasteiger partial charge >= 0.3 is 0 Å². The van der Waals surface area contributed by atoms with Crippen LogP contribution in [-0.2, 0) is 16.4 Å². The minimum Gasteiger partial charge on any atom is -0.494 e. The Morgan fingerprint density at radius 3 is 2.57 bits per heavy atom. The molecular formula is C23H22FN7O5S. The molecule has 0 aliphatic heterocycles. The van der Waals surface area contributed by atoms with Gasteiger partial charge in [-0.05, 0) is 31.2 Å². The zero-order valence-electron chi connectivity index (χ0n) is 20.0. The van der Waals surface area contributed by atoms with Crippen LogP contribution in [0, 0.1) is 5.82 Å². The molecule has 0 aliphatic rings. The zero-order valence-corrected chi connectivity index (χ0v) is 20.8. The van der Waals surface area contributed by atoms with Gasteiger partial charge in [-0.3, -0.25) is 14.3 Å². The van der Waals surface area contributed by atoms with Gasteiger partial charge in [0.05, 0.1) is 49.5 Å². The summed E-state index contributed by atoms with van der Waals surface area (Å²) in [5, 5.41) is 7.28. The summed E-state index contributed by atoms with van der Waals surface area (Å²) in [7, 11) is -1.09. The maximum atomic E-state index is 14.0. The summed E-state index contributed by atoms with van der Waals surface area (Å²) in [6, 6.07) is 8.46. The maximum Gasteiger partial charge on any atom is 0.243 e. The van der Waals surface area contributed by atoms with E-state index >= 15 is 0 Å². The summed E-state index contributed by atoms with van der Waals surface area (Å²) < 4.78 is 61.4. The van der Waals surface area contributed by atoms with E-state index in [0.29, 0.717) is 34.2 Å². The molecule has 5 rings (SSSR count). The minimum atomic E-state index is -4.05. The quantitative estimate of drug-likeness (QED) is 0.294. The van der Waals surface area contributed by atoms with Gasteiger partial charge in [-0.2, -0.15) is 0 Å². The number of aromatic nitrogens is 6. The highest BCUT2D eigenvalue weighted by Gasteiger charge is 2.29. The van der Waals surface area contributed by atoms with E-state index in [9.17, 15) is 12.8 Å². The number of hydrogen-bond donors (Lipinski definition) is 2. The van der Waals surface area contributed by atoms with Crippen LogP contribution < -0.4 is 14.2 Å². The standard InChI is InChI=1S/C23H22FN7O5S/c1-13(10-15-20-19(26-12-27-20)14(24)11-25-15)37(32,33)30-23-29-28-22(18-8-5-9-36-18)31(23)21-16(34-2)6-4-7-17(21)35-3/h4-9,11-13H,10H2,1-3H3,(H,26,27)(H,29,30). The van der Waals surface area contributed by atoms with Crippen molar-refractivity contribution in [3.63, 3.8) is 0 Å². The van der Waals surface area contributed by atoms with Gasteiger partial charge in [-0.25, -0.2) is 17.8 Å². The molecule has 0 saturated carbocycles. The van der Waals surface area contributed by atoms with Gasteiger partial charge in [0.25, 0.3) is 0 Å². The monoisotopic (exact) mass is 527 g/mol. The van der Waals surface area contributed by atoms with E-state index in [4.69, 9.17) is 13.9 Å². The molecule has 0 aliphatic carbocycles. The number of aromatic amines is 1. The number of furan rings is 1. The van der Waals surface area contributed by atoms with E-state index in [1.54, 1.807) is 30.3 Å². The van der Waals surface area contributed by atoms with Gasteiger partial charge in [0.2, 0.25) is 21.8 Å². The first kappa shape index (κ1) is 24.2. The topological polar surface area (TPSA) is 150 Å². The lowest BCUT2D eigenvalue weighted by Crippen LogP contribution is -2.29. The number of ether oxygens (including phenoxy) is 2. The van der Waals surface area contributed by atoms with Crippen molar-refractivity contribution in [2.45, 2.75) is 18.6 Å². The van der Waals surface area contributed by atoms with Crippen LogP contribution in [-0.4, -0.2) is 57.6 Å². The molecule has 1 atom stereocenters. The Hall–Kier alpha value is -4.46. The SMILES string of the molecule is COc1cccc(OC)c1-n1c(NS(=O)(=O)C(C)Cc2ncc(F)c3nc[nH]c23)nnc1-c1ccco1. The lowest BCUT2D eigenvalue weighted by Gasteiger charge is -2.18. The third-order valence-electron chi connectivity index (χ3n) is 5.76. The Morgan fingerprint density at radius 2 is 1.89 bits per heavy atom. The molecular weight excluding hydrogens is 505 g/mol. The summed E-state index contributed by atoms with van der Waals surface area (Å²) in [5.41, 5.74) is 1.15. The molecule has 4 aromatic heterocycles. The number of anilines is 1. The van der Waals surface area contributed by atoms with Gasteiger partial charge in [0, 0.05) is 6.42 Å². The molecule has 0 radical (unpaired) electrons. The molecule has 12 nitrogen and oxygen atoms in total. The number of H-pyrrole nitrogens is 1. The van der Waals surface area contributed by atoms with E-state index in [-0.39, 0.29) is 23.7 Å². The highest BCUT2D eigenvalue weighted by Crippen LogP contribution is 2.38. The molecule has 0 bridgehead atoms. The Morgan fingerprint density at radius 1 is 1.14 bits per heavy atom. The van der Waals surface area contributed by atoms with E-state index in [1.807, 2.05) is 0 Å². The second kappa shape index (κ2) is 9.54. The number of methoxy groups -OCH3 is 2. The number of nitrogens with zero attached hydrogens (tertiary/aromatic N) is 5. The van der Waals surface area contributed by atoms with Crippen molar-refractivity contribution in [1.82, 2.24) is 29.7 Å². The van der Waals surface area contributed by atoms with Crippen LogP contribution in [0.3, 0.4) is 0 Å². The first-order valence-corrected chi connectivity index (χ1v) is 12.6. The van der Waals surface area contributed by atoms with Gasteiger partial charge in [-0.1, -0.05) is 6.07 Å². The number of imidazole rings is 1. The summed E-state index contributed by atoms with van der Waals surface area (Å²) in [6.07, 6.45) is 3.79. The third kappa shape index (κ3) is 4.35. The van der Waals surface area contributed by atoms with Gasteiger partial charge in [-0.15, -0.1) is 10.2 Å². The molecule has 0 spiro atoms. The summed E-state index contributed by atoms with van der Waals surface area (Å²) in [4.78, 5) is 10.8. The van der Waals surface area contributed by atoms with Gasteiger partial charge < -0.3 is 18.9 Å². The second-order valence-electron chi connectivity index (χ2n) is 8.01. The zero-order chi connectivity index (χ0) is 26.2. The van der Waals surface area contributed by atoms with Crippen LogP contribution in [0.15, 0.2) is 53.5 Å². The van der Waals surface area contributed by atoms with E-state index in [1.165, 1.54) is 38.3 Å². The predicted octanol–water partition coefficient (Wildman–Crippen LogP) is 3.33. The third-order valence-corrected chi connectivity index (χ3v) is 7.46. The maximum absolute atomic E-state index is 14.0. The lowest BCUT2D eigenvalue weighted by atomic mass is 10.2. The summed E-state index contributed by atoms with van der Waals surface area (Å²) in [6.45, 7) is 1.51. The van der Waals surface area contributed by atoms with Gasteiger partial charge in [0.1, 0.15) is 22.7 Å². The number of hydrogen-bond acceptors (Lipinski definition) is 9. The van der Waals surface area contributed by atoms with Crippen LogP contribution in [0.4, 0.5) is 10.3 Å². The summed E-state index contributed by atoms with van der Waals surface area (Å²) in [5.74, 6) is 0.626. The first-order chi connectivity index (χ1) is 17.8. The number of sulfonamides is 1. The second-order valence-corrected chi connectivity index (χ2v) is 10.1. The number of benzene rings is 1. The van der Waals surface area contributed by atoms with Crippen molar-refractivity contribution in [2.24, 2.45) is 0 Å².